The van der Waals surface area contributed by atoms with Crippen molar-refractivity contribution in [3.8, 4) is 0 Å². The highest BCUT2D eigenvalue weighted by molar-refractivity contribution is 5.69. The van der Waals surface area contributed by atoms with Crippen LogP contribution in [0, 0.1) is 5.41 Å². The summed E-state index contributed by atoms with van der Waals surface area (Å²) in [6.07, 6.45) is 2.10. The maximum absolute atomic E-state index is 12.4. The van der Waals surface area contributed by atoms with E-state index in [9.17, 15) is 4.79 Å². The van der Waals surface area contributed by atoms with Crippen LogP contribution in [0.25, 0.3) is 0 Å². The summed E-state index contributed by atoms with van der Waals surface area (Å²) in [7, 11) is 0. The monoisotopic (exact) mass is 254 g/mol. The van der Waals surface area contributed by atoms with Gasteiger partial charge in [0.15, 0.2) is 0 Å². The number of fused-ring (bicyclic) bond motifs is 2. The molecule has 2 aliphatic rings. The summed E-state index contributed by atoms with van der Waals surface area (Å²) in [5.41, 5.74) is -0.249. The maximum atomic E-state index is 12.4. The van der Waals surface area contributed by atoms with Gasteiger partial charge in [0, 0.05) is 19.1 Å². The quantitative estimate of drug-likeness (QED) is 0.721. The number of nitrogens with one attached hydrogen (secondary N) is 1. The van der Waals surface area contributed by atoms with Gasteiger partial charge < -0.3 is 10.1 Å². The molecule has 1 amide bonds. The van der Waals surface area contributed by atoms with E-state index in [1.807, 2.05) is 25.7 Å². The molecule has 0 aromatic rings. The molecule has 0 saturated carbocycles. The Bertz CT molecular complexity index is 333. The number of hydrogen-bond donors (Lipinski definition) is 1. The van der Waals surface area contributed by atoms with Gasteiger partial charge in [0.2, 0.25) is 0 Å². The van der Waals surface area contributed by atoms with Crippen molar-refractivity contribution in [1.29, 1.82) is 0 Å². The van der Waals surface area contributed by atoms with Crippen molar-refractivity contribution in [3.63, 3.8) is 0 Å². The van der Waals surface area contributed by atoms with Gasteiger partial charge in [-0.3, -0.25) is 4.90 Å². The largest absolute Gasteiger partial charge is 0.444 e. The van der Waals surface area contributed by atoms with E-state index in [0.29, 0.717) is 6.04 Å². The Labute approximate surface area is 110 Å². The van der Waals surface area contributed by atoms with Crippen LogP contribution in [0.4, 0.5) is 4.79 Å². The molecule has 2 saturated heterocycles. The first kappa shape index (κ1) is 13.7. The Balaban J connectivity index is 2.17. The van der Waals surface area contributed by atoms with Crippen LogP contribution in [-0.4, -0.2) is 41.8 Å². The third-order valence-electron chi connectivity index (χ3n) is 4.08. The molecular formula is C14H26N2O2. The molecule has 1 N–H and O–H groups in total. The molecule has 0 radical (unpaired) electrons. The third kappa shape index (κ3) is 2.63. The number of nitrogens with zero attached hydrogens (tertiary/aromatic N) is 1. The summed E-state index contributed by atoms with van der Waals surface area (Å²) in [5.74, 6) is 0. The molecule has 4 heteroatoms. The molecule has 2 rings (SSSR count). The van der Waals surface area contributed by atoms with Gasteiger partial charge in [-0.2, -0.15) is 0 Å². The van der Waals surface area contributed by atoms with Crippen LogP contribution in [0.15, 0.2) is 0 Å². The fourth-order valence-electron chi connectivity index (χ4n) is 3.03. The second-order valence-corrected chi connectivity index (χ2v) is 7.24. The van der Waals surface area contributed by atoms with E-state index in [4.69, 9.17) is 4.74 Å². The first-order valence-electron chi connectivity index (χ1n) is 6.93. The minimum atomic E-state index is -0.416. The number of rotatable bonds is 0. The van der Waals surface area contributed by atoms with Crippen molar-refractivity contribution in [1.82, 2.24) is 10.2 Å². The van der Waals surface area contributed by atoms with Gasteiger partial charge in [0.1, 0.15) is 5.60 Å². The van der Waals surface area contributed by atoms with E-state index in [0.717, 1.165) is 19.5 Å². The van der Waals surface area contributed by atoms with Crippen LogP contribution in [0.3, 0.4) is 0 Å². The summed E-state index contributed by atoms with van der Waals surface area (Å²) in [5, 5.41) is 3.44. The molecule has 18 heavy (non-hydrogen) atoms. The van der Waals surface area contributed by atoms with E-state index < -0.39 is 5.60 Å². The Hall–Kier alpha value is -0.770. The zero-order valence-electron chi connectivity index (χ0n) is 12.2. The van der Waals surface area contributed by atoms with Gasteiger partial charge in [0.25, 0.3) is 0 Å². The molecule has 0 aromatic carbocycles. The lowest BCUT2D eigenvalue weighted by Gasteiger charge is -2.53. The molecule has 2 heterocycles. The number of ether oxygens (including phenoxy) is 1. The second kappa shape index (κ2) is 4.41. The van der Waals surface area contributed by atoms with Crippen LogP contribution in [0.1, 0.15) is 47.5 Å². The standard InChI is InChI=1S/C14H26N2O2/c1-13(2,3)18-12(17)16-10-6-7-14(4,5)11(16)9-15-8-10/h10-11,15H,6-9H2,1-5H3/t10-,11-/m1/s1. The first-order chi connectivity index (χ1) is 8.21. The summed E-state index contributed by atoms with van der Waals surface area (Å²) < 4.78 is 5.57. The van der Waals surface area contributed by atoms with Gasteiger partial charge in [-0.15, -0.1) is 0 Å². The fourth-order valence-corrected chi connectivity index (χ4v) is 3.03. The number of piperazine rings is 1. The minimum absolute atomic E-state index is 0.147. The second-order valence-electron chi connectivity index (χ2n) is 7.24. The number of piperidine rings is 1. The van der Waals surface area contributed by atoms with Crippen LogP contribution < -0.4 is 5.32 Å². The Kier molecular flexibility index (Phi) is 3.34. The van der Waals surface area contributed by atoms with Crippen LogP contribution in [-0.2, 0) is 4.74 Å². The summed E-state index contributed by atoms with van der Waals surface area (Å²) >= 11 is 0. The Morgan fingerprint density at radius 1 is 1.33 bits per heavy atom. The van der Waals surface area contributed by atoms with Crippen LogP contribution >= 0.6 is 0 Å². The van der Waals surface area contributed by atoms with Crippen LogP contribution in [0.2, 0.25) is 0 Å². The van der Waals surface area contributed by atoms with Gasteiger partial charge >= 0.3 is 6.09 Å². The van der Waals surface area contributed by atoms with E-state index in [2.05, 4.69) is 19.2 Å². The molecule has 0 unspecified atom stereocenters. The van der Waals surface area contributed by atoms with Crippen molar-refractivity contribution < 1.29 is 9.53 Å². The van der Waals surface area contributed by atoms with Gasteiger partial charge in [-0.1, -0.05) is 13.8 Å². The highest BCUT2D eigenvalue weighted by atomic mass is 16.6. The van der Waals surface area contributed by atoms with Crippen molar-refractivity contribution in [3.05, 3.63) is 0 Å². The van der Waals surface area contributed by atoms with E-state index in [-0.39, 0.29) is 17.6 Å². The molecule has 4 nitrogen and oxygen atoms in total. The van der Waals surface area contributed by atoms with Crippen molar-refractivity contribution in [2.24, 2.45) is 5.41 Å². The molecule has 2 atom stereocenters. The number of hydrogen-bond acceptors (Lipinski definition) is 3. The minimum Gasteiger partial charge on any atom is -0.444 e. The van der Waals surface area contributed by atoms with Crippen molar-refractivity contribution in [2.75, 3.05) is 13.1 Å². The predicted molar refractivity (Wildman–Crippen MR) is 71.5 cm³/mol. The molecular weight excluding hydrogens is 228 g/mol. The lowest BCUT2D eigenvalue weighted by atomic mass is 9.73. The Morgan fingerprint density at radius 2 is 2.00 bits per heavy atom. The maximum Gasteiger partial charge on any atom is 0.410 e. The normalized spacial score (nSPS) is 31.1. The molecule has 2 bridgehead atoms. The molecule has 2 aliphatic heterocycles. The highest BCUT2D eigenvalue weighted by Gasteiger charge is 2.47. The van der Waals surface area contributed by atoms with Gasteiger partial charge in [-0.05, 0) is 39.0 Å². The number of carbonyl (C=O) groups is 1. The zero-order chi connectivity index (χ0) is 13.6. The summed E-state index contributed by atoms with van der Waals surface area (Å²) in [6, 6.07) is 0.548. The number of amides is 1. The van der Waals surface area contributed by atoms with E-state index >= 15 is 0 Å². The summed E-state index contributed by atoms with van der Waals surface area (Å²) in [6.45, 7) is 12.0. The van der Waals surface area contributed by atoms with E-state index in [1.54, 1.807) is 0 Å². The van der Waals surface area contributed by atoms with Gasteiger partial charge in [-0.25, -0.2) is 4.79 Å². The summed E-state index contributed by atoms with van der Waals surface area (Å²) in [4.78, 5) is 14.4. The average Bonchev–Trinajstić information content (AvgIpc) is 2.22. The smallest absolute Gasteiger partial charge is 0.410 e. The SMILES string of the molecule is CC(C)(C)OC(=O)N1[C@@H]2CCC(C)(C)[C@H]1CNC2. The fraction of sp³-hybridized carbons (Fsp3) is 0.929. The van der Waals surface area contributed by atoms with Crippen LogP contribution in [0.5, 0.6) is 0 Å². The van der Waals surface area contributed by atoms with Crippen molar-refractivity contribution in [2.45, 2.75) is 65.1 Å². The van der Waals surface area contributed by atoms with E-state index in [1.165, 1.54) is 6.42 Å². The molecule has 0 spiro atoms. The molecule has 0 aromatic heterocycles. The third-order valence-corrected chi connectivity index (χ3v) is 4.08. The predicted octanol–water partition coefficient (Wildman–Crippen LogP) is 2.38. The Morgan fingerprint density at radius 3 is 2.61 bits per heavy atom. The molecule has 104 valence electrons. The first-order valence-corrected chi connectivity index (χ1v) is 6.93. The molecule has 2 fully saturated rings. The average molecular weight is 254 g/mol. The topological polar surface area (TPSA) is 41.6 Å². The lowest BCUT2D eigenvalue weighted by Crippen LogP contribution is -2.67. The lowest BCUT2D eigenvalue weighted by molar-refractivity contribution is -0.0487. The zero-order valence-corrected chi connectivity index (χ0v) is 12.2. The van der Waals surface area contributed by atoms with Crippen molar-refractivity contribution >= 4 is 6.09 Å². The number of carbonyl (C=O) groups excluding carboxylic acids is 1. The van der Waals surface area contributed by atoms with Gasteiger partial charge in [0.05, 0.1) is 6.04 Å². The highest BCUT2D eigenvalue weighted by Crippen LogP contribution is 2.39. The molecule has 0 aliphatic carbocycles.